The van der Waals surface area contributed by atoms with Crippen molar-refractivity contribution < 1.29 is 9.47 Å². The lowest BCUT2D eigenvalue weighted by Gasteiger charge is -2.29. The molecule has 0 saturated carbocycles. The van der Waals surface area contributed by atoms with Gasteiger partial charge in [0, 0.05) is 20.1 Å². The van der Waals surface area contributed by atoms with Crippen molar-refractivity contribution in [2.45, 2.75) is 72.8 Å². The van der Waals surface area contributed by atoms with Crippen LogP contribution >= 0.6 is 0 Å². The molecule has 0 N–H and O–H groups in total. The third kappa shape index (κ3) is 8.97. The van der Waals surface area contributed by atoms with Crippen molar-refractivity contribution in [1.29, 1.82) is 0 Å². The molecule has 0 aliphatic heterocycles. The Morgan fingerprint density at radius 2 is 1.45 bits per heavy atom. The van der Waals surface area contributed by atoms with Gasteiger partial charge in [-0.3, -0.25) is 0 Å². The molecule has 0 radical (unpaired) electrons. The van der Waals surface area contributed by atoms with E-state index in [0.29, 0.717) is 17.9 Å². The average molecular weight is 286 g/mol. The third-order valence-corrected chi connectivity index (χ3v) is 4.28. The van der Waals surface area contributed by atoms with Crippen LogP contribution in [0.15, 0.2) is 0 Å². The number of ether oxygens (including phenoxy) is 2. The van der Waals surface area contributed by atoms with E-state index in [2.05, 4.69) is 34.6 Å². The fourth-order valence-electron chi connectivity index (χ4n) is 3.08. The Morgan fingerprint density at radius 3 is 1.90 bits per heavy atom. The molecule has 0 aliphatic carbocycles. The number of rotatable bonds is 12. The number of hydrogen-bond donors (Lipinski definition) is 0. The molecule has 0 rings (SSSR count). The van der Waals surface area contributed by atoms with E-state index in [-0.39, 0.29) is 0 Å². The Labute approximate surface area is 127 Å². The standard InChI is InChI=1S/C18H38O2/c1-14(2)9-8-10-16(5)11-12-17(13-19-6)18(20-7)15(3)4/h14-18H,8-13H2,1-7H3. The minimum Gasteiger partial charge on any atom is -0.384 e. The van der Waals surface area contributed by atoms with Gasteiger partial charge in [-0.05, 0) is 24.2 Å². The van der Waals surface area contributed by atoms with E-state index in [1.54, 1.807) is 7.11 Å². The maximum Gasteiger partial charge on any atom is 0.0644 e. The molecule has 122 valence electrons. The maximum absolute atomic E-state index is 5.69. The quantitative estimate of drug-likeness (QED) is 0.493. The summed E-state index contributed by atoms with van der Waals surface area (Å²) < 4.78 is 11.1. The van der Waals surface area contributed by atoms with Crippen molar-refractivity contribution in [3.05, 3.63) is 0 Å². The van der Waals surface area contributed by atoms with Gasteiger partial charge in [0.1, 0.15) is 0 Å². The van der Waals surface area contributed by atoms with Crippen LogP contribution in [-0.4, -0.2) is 26.9 Å². The molecule has 0 saturated heterocycles. The summed E-state index contributed by atoms with van der Waals surface area (Å²) in [4.78, 5) is 0. The first-order valence-corrected chi connectivity index (χ1v) is 8.44. The van der Waals surface area contributed by atoms with Crippen molar-refractivity contribution >= 4 is 0 Å². The lowest BCUT2D eigenvalue weighted by molar-refractivity contribution is -0.0178. The van der Waals surface area contributed by atoms with E-state index in [4.69, 9.17) is 9.47 Å². The first-order chi connectivity index (χ1) is 9.42. The molecule has 0 aromatic heterocycles. The molecule has 0 heterocycles. The van der Waals surface area contributed by atoms with Crippen LogP contribution in [0.4, 0.5) is 0 Å². The molecular formula is C18H38O2. The minimum absolute atomic E-state index is 0.317. The lowest BCUT2D eigenvalue weighted by Crippen LogP contribution is -2.31. The molecule has 20 heavy (non-hydrogen) atoms. The van der Waals surface area contributed by atoms with Gasteiger partial charge < -0.3 is 9.47 Å². The molecule has 2 nitrogen and oxygen atoms in total. The zero-order valence-corrected chi connectivity index (χ0v) is 14.9. The molecule has 0 bridgehead atoms. The second kappa shape index (κ2) is 11.6. The fourth-order valence-corrected chi connectivity index (χ4v) is 3.08. The summed E-state index contributed by atoms with van der Waals surface area (Å²) in [5.41, 5.74) is 0. The van der Waals surface area contributed by atoms with Crippen molar-refractivity contribution in [3.63, 3.8) is 0 Å². The highest BCUT2D eigenvalue weighted by atomic mass is 16.5. The summed E-state index contributed by atoms with van der Waals surface area (Å²) in [5, 5.41) is 0. The normalized spacial score (nSPS) is 16.6. The van der Waals surface area contributed by atoms with Crippen LogP contribution in [-0.2, 0) is 9.47 Å². The first-order valence-electron chi connectivity index (χ1n) is 8.44. The average Bonchev–Trinajstić information content (AvgIpc) is 2.35. The van der Waals surface area contributed by atoms with Gasteiger partial charge in [-0.25, -0.2) is 0 Å². The van der Waals surface area contributed by atoms with Crippen LogP contribution < -0.4 is 0 Å². The zero-order valence-electron chi connectivity index (χ0n) is 14.9. The van der Waals surface area contributed by atoms with Gasteiger partial charge in [0.05, 0.1) is 12.7 Å². The van der Waals surface area contributed by atoms with Crippen LogP contribution in [0.2, 0.25) is 0 Å². The SMILES string of the molecule is COCC(CCC(C)CCCC(C)C)C(OC)C(C)C. The molecule has 0 aromatic rings. The van der Waals surface area contributed by atoms with Gasteiger partial charge in [-0.1, -0.05) is 60.3 Å². The van der Waals surface area contributed by atoms with Gasteiger partial charge >= 0.3 is 0 Å². The van der Waals surface area contributed by atoms with Crippen molar-refractivity contribution in [1.82, 2.24) is 0 Å². The second-order valence-electron chi connectivity index (χ2n) is 7.17. The molecule has 0 aliphatic rings. The molecule has 0 aromatic carbocycles. The van der Waals surface area contributed by atoms with E-state index in [1.807, 2.05) is 7.11 Å². The molecule has 3 atom stereocenters. The molecule has 0 amide bonds. The van der Waals surface area contributed by atoms with Crippen LogP contribution in [0.1, 0.15) is 66.7 Å². The summed E-state index contributed by atoms with van der Waals surface area (Å²) in [6.45, 7) is 12.3. The fraction of sp³-hybridized carbons (Fsp3) is 1.00. The summed E-state index contributed by atoms with van der Waals surface area (Å²) >= 11 is 0. The summed E-state index contributed by atoms with van der Waals surface area (Å²) in [6, 6.07) is 0. The third-order valence-electron chi connectivity index (χ3n) is 4.28. The summed E-state index contributed by atoms with van der Waals surface area (Å²) in [5.74, 6) is 2.73. The van der Waals surface area contributed by atoms with Crippen molar-refractivity contribution in [3.8, 4) is 0 Å². The smallest absolute Gasteiger partial charge is 0.0644 e. The van der Waals surface area contributed by atoms with E-state index in [0.717, 1.165) is 18.4 Å². The topological polar surface area (TPSA) is 18.5 Å². The molecule has 0 fully saturated rings. The van der Waals surface area contributed by atoms with Crippen LogP contribution in [0.25, 0.3) is 0 Å². The van der Waals surface area contributed by atoms with Gasteiger partial charge in [-0.15, -0.1) is 0 Å². The van der Waals surface area contributed by atoms with Crippen LogP contribution in [0, 0.1) is 23.7 Å². The van der Waals surface area contributed by atoms with Gasteiger partial charge in [0.2, 0.25) is 0 Å². The summed E-state index contributed by atoms with van der Waals surface area (Å²) in [7, 11) is 3.63. The van der Waals surface area contributed by atoms with E-state index >= 15 is 0 Å². The maximum atomic E-state index is 5.69. The predicted molar refractivity (Wildman–Crippen MR) is 88.1 cm³/mol. The Balaban J connectivity index is 4.12. The molecular weight excluding hydrogens is 248 g/mol. The highest BCUT2D eigenvalue weighted by Gasteiger charge is 2.24. The Morgan fingerprint density at radius 1 is 0.800 bits per heavy atom. The molecule has 3 unspecified atom stereocenters. The molecule has 2 heteroatoms. The zero-order chi connectivity index (χ0) is 15.5. The van der Waals surface area contributed by atoms with Crippen molar-refractivity contribution in [2.24, 2.45) is 23.7 Å². The van der Waals surface area contributed by atoms with Gasteiger partial charge in [0.15, 0.2) is 0 Å². The number of hydrogen-bond acceptors (Lipinski definition) is 2. The minimum atomic E-state index is 0.317. The lowest BCUT2D eigenvalue weighted by atomic mass is 9.86. The van der Waals surface area contributed by atoms with Crippen molar-refractivity contribution in [2.75, 3.05) is 20.8 Å². The Kier molecular flexibility index (Phi) is 11.5. The highest BCUT2D eigenvalue weighted by Crippen LogP contribution is 2.25. The van der Waals surface area contributed by atoms with Gasteiger partial charge in [0.25, 0.3) is 0 Å². The van der Waals surface area contributed by atoms with Crippen LogP contribution in [0.3, 0.4) is 0 Å². The Hall–Kier alpha value is -0.0800. The predicted octanol–water partition coefficient (Wildman–Crippen LogP) is 5.16. The van der Waals surface area contributed by atoms with E-state index in [1.165, 1.54) is 32.1 Å². The Bertz CT molecular complexity index is 213. The van der Waals surface area contributed by atoms with Crippen LogP contribution in [0.5, 0.6) is 0 Å². The monoisotopic (exact) mass is 286 g/mol. The van der Waals surface area contributed by atoms with Gasteiger partial charge in [-0.2, -0.15) is 0 Å². The van der Waals surface area contributed by atoms with E-state index in [9.17, 15) is 0 Å². The number of methoxy groups -OCH3 is 2. The van der Waals surface area contributed by atoms with E-state index < -0.39 is 0 Å². The first kappa shape index (κ1) is 19.9. The summed E-state index contributed by atoms with van der Waals surface area (Å²) in [6.07, 6.45) is 6.91. The largest absolute Gasteiger partial charge is 0.384 e. The highest BCUT2D eigenvalue weighted by molar-refractivity contribution is 4.74. The molecule has 0 spiro atoms. The second-order valence-corrected chi connectivity index (χ2v) is 7.17.